The van der Waals surface area contributed by atoms with Crippen LogP contribution in [0.2, 0.25) is 0 Å². The molecular formula is C26H23F5N6O. The van der Waals surface area contributed by atoms with Gasteiger partial charge in [-0.2, -0.15) is 18.3 Å². The number of hydrogen-bond donors (Lipinski definition) is 0. The van der Waals surface area contributed by atoms with Gasteiger partial charge in [0.05, 0.1) is 35.3 Å². The van der Waals surface area contributed by atoms with E-state index in [1.54, 1.807) is 20.0 Å². The second kappa shape index (κ2) is 9.04. The van der Waals surface area contributed by atoms with E-state index in [2.05, 4.69) is 25.0 Å². The molecule has 1 saturated heterocycles. The van der Waals surface area contributed by atoms with E-state index in [1.807, 2.05) is 10.9 Å². The van der Waals surface area contributed by atoms with Crippen molar-refractivity contribution in [3.63, 3.8) is 0 Å². The average molecular weight is 531 g/mol. The first-order chi connectivity index (χ1) is 18.1. The van der Waals surface area contributed by atoms with Crippen LogP contribution in [0, 0.1) is 25.5 Å². The lowest BCUT2D eigenvalue weighted by atomic mass is 9.92. The predicted octanol–water partition coefficient (Wildman–Crippen LogP) is 6.17. The van der Waals surface area contributed by atoms with Crippen LogP contribution in [0.15, 0.2) is 24.5 Å². The number of aryl methyl sites for hydroxylation is 2. The first-order valence-electron chi connectivity index (χ1n) is 12.3. The molecule has 198 valence electrons. The van der Waals surface area contributed by atoms with Gasteiger partial charge in [-0.1, -0.05) is 0 Å². The lowest BCUT2D eigenvalue weighted by molar-refractivity contribution is -0.140. The van der Waals surface area contributed by atoms with Gasteiger partial charge in [0.15, 0.2) is 5.65 Å². The Morgan fingerprint density at radius 2 is 1.71 bits per heavy atom. The topological polar surface area (TPSA) is 78.6 Å². The van der Waals surface area contributed by atoms with E-state index in [0.29, 0.717) is 48.8 Å². The summed E-state index contributed by atoms with van der Waals surface area (Å²) in [5, 5.41) is 4.44. The van der Waals surface area contributed by atoms with E-state index in [-0.39, 0.29) is 34.9 Å². The van der Waals surface area contributed by atoms with Gasteiger partial charge >= 0.3 is 6.18 Å². The molecule has 6 rings (SSSR count). The highest BCUT2D eigenvalue weighted by Gasteiger charge is 2.36. The SMILES string of the molecule is Cc1nc2nc([C@@H]3CCO[C@@H](c4cnn(C5CC5)c4)C3)nc(-c3cc(F)c(C(F)(F)F)cc3F)c2nc1C. The summed E-state index contributed by atoms with van der Waals surface area (Å²) in [6.07, 6.45) is 1.76. The monoisotopic (exact) mass is 530 g/mol. The van der Waals surface area contributed by atoms with E-state index >= 15 is 4.39 Å². The number of fused-ring (bicyclic) bond motifs is 1. The van der Waals surface area contributed by atoms with Crippen molar-refractivity contribution in [2.45, 2.75) is 63.8 Å². The Labute approximate surface area is 214 Å². The maximum atomic E-state index is 15.1. The number of hydrogen-bond acceptors (Lipinski definition) is 6. The standard InChI is InChI=1S/C26H23F5N6O/c1-12-13(2)34-25-23(33-12)22(17-8-20(28)18(9-19(17)27)26(29,30)31)35-24(36-25)14-5-6-38-21(7-14)15-10-32-37(11-15)16-3-4-16/h8-11,14,16,21H,3-7H2,1-2H3/t14-,21-/m1/s1. The molecule has 2 aliphatic rings. The zero-order valence-electron chi connectivity index (χ0n) is 20.6. The highest BCUT2D eigenvalue weighted by Crippen LogP contribution is 2.41. The summed E-state index contributed by atoms with van der Waals surface area (Å²) in [6.45, 7) is 3.85. The molecule has 38 heavy (non-hydrogen) atoms. The highest BCUT2D eigenvalue weighted by molar-refractivity contribution is 5.87. The Bertz CT molecular complexity index is 1550. The van der Waals surface area contributed by atoms with E-state index in [9.17, 15) is 17.6 Å². The molecule has 2 atom stereocenters. The molecule has 0 amide bonds. The Balaban J connectivity index is 1.43. The van der Waals surface area contributed by atoms with E-state index in [1.165, 1.54) is 0 Å². The molecule has 0 radical (unpaired) electrons. The van der Waals surface area contributed by atoms with Crippen LogP contribution in [0.4, 0.5) is 22.0 Å². The molecule has 1 aliphatic carbocycles. The molecule has 1 saturated carbocycles. The molecule has 4 aromatic rings. The van der Waals surface area contributed by atoms with Gasteiger partial charge in [0, 0.05) is 29.8 Å². The minimum Gasteiger partial charge on any atom is -0.373 e. The molecule has 1 aliphatic heterocycles. The summed E-state index contributed by atoms with van der Waals surface area (Å²) in [4.78, 5) is 18.1. The van der Waals surface area contributed by atoms with Crippen LogP contribution < -0.4 is 0 Å². The quantitative estimate of drug-likeness (QED) is 0.294. The summed E-state index contributed by atoms with van der Waals surface area (Å²) in [5.74, 6) is -2.75. The Hall–Kier alpha value is -3.54. The van der Waals surface area contributed by atoms with Crippen LogP contribution in [0.5, 0.6) is 0 Å². The maximum absolute atomic E-state index is 15.1. The fourth-order valence-corrected chi connectivity index (χ4v) is 4.77. The van der Waals surface area contributed by atoms with Crippen LogP contribution >= 0.6 is 0 Å². The predicted molar refractivity (Wildman–Crippen MR) is 126 cm³/mol. The minimum atomic E-state index is -5.04. The van der Waals surface area contributed by atoms with Gasteiger partial charge in [0.2, 0.25) is 0 Å². The molecule has 0 unspecified atom stereocenters. The summed E-state index contributed by atoms with van der Waals surface area (Å²) < 4.78 is 77.1. The van der Waals surface area contributed by atoms with Crippen LogP contribution in [0.3, 0.4) is 0 Å². The molecular weight excluding hydrogens is 507 g/mol. The lowest BCUT2D eigenvalue weighted by Crippen LogP contribution is -2.20. The van der Waals surface area contributed by atoms with Gasteiger partial charge in [-0.05, 0) is 51.7 Å². The Kier molecular flexibility index (Phi) is 5.89. The van der Waals surface area contributed by atoms with Crippen LogP contribution in [0.1, 0.15) is 72.1 Å². The third kappa shape index (κ3) is 4.50. The van der Waals surface area contributed by atoms with Gasteiger partial charge < -0.3 is 4.74 Å². The molecule has 1 aromatic carbocycles. The second-order valence-electron chi connectivity index (χ2n) is 9.87. The molecule has 7 nitrogen and oxygen atoms in total. The van der Waals surface area contributed by atoms with Gasteiger partial charge in [-0.3, -0.25) is 4.68 Å². The molecule has 0 spiro atoms. The molecule has 0 bridgehead atoms. The number of alkyl halides is 3. The fraction of sp³-hybridized carbons (Fsp3) is 0.423. The fourth-order valence-electron chi connectivity index (χ4n) is 4.77. The first kappa shape index (κ1) is 24.8. The molecule has 0 N–H and O–H groups in total. The van der Waals surface area contributed by atoms with Crippen molar-refractivity contribution in [2.24, 2.45) is 0 Å². The lowest BCUT2D eigenvalue weighted by Gasteiger charge is -2.28. The largest absolute Gasteiger partial charge is 0.419 e. The third-order valence-electron chi connectivity index (χ3n) is 7.14. The minimum absolute atomic E-state index is 0.0872. The van der Waals surface area contributed by atoms with Crippen molar-refractivity contribution < 1.29 is 26.7 Å². The smallest absolute Gasteiger partial charge is 0.373 e. The van der Waals surface area contributed by atoms with E-state index < -0.39 is 28.9 Å². The van der Waals surface area contributed by atoms with Crippen LogP contribution in [-0.2, 0) is 10.9 Å². The number of halogens is 5. The summed E-state index contributed by atoms with van der Waals surface area (Å²) >= 11 is 0. The summed E-state index contributed by atoms with van der Waals surface area (Å²) in [7, 11) is 0. The number of rotatable bonds is 4. The zero-order chi connectivity index (χ0) is 26.8. The Morgan fingerprint density at radius 1 is 0.947 bits per heavy atom. The number of ether oxygens (including phenoxy) is 1. The number of nitrogens with zero attached hydrogens (tertiary/aromatic N) is 6. The van der Waals surface area contributed by atoms with E-state index in [4.69, 9.17) is 4.74 Å². The van der Waals surface area contributed by atoms with Crippen molar-refractivity contribution >= 4 is 11.2 Å². The number of aromatic nitrogens is 6. The van der Waals surface area contributed by atoms with Gasteiger partial charge in [-0.25, -0.2) is 28.7 Å². The van der Waals surface area contributed by atoms with Crippen molar-refractivity contribution in [3.8, 4) is 11.3 Å². The van der Waals surface area contributed by atoms with E-state index in [0.717, 1.165) is 18.4 Å². The van der Waals surface area contributed by atoms with Crippen LogP contribution in [-0.4, -0.2) is 36.3 Å². The summed E-state index contributed by atoms with van der Waals surface area (Å²) in [6, 6.07) is 1.09. The molecule has 3 aromatic heterocycles. The first-order valence-corrected chi connectivity index (χ1v) is 12.3. The normalized spacial score (nSPS) is 20.3. The zero-order valence-corrected chi connectivity index (χ0v) is 20.6. The average Bonchev–Trinajstić information content (AvgIpc) is 3.61. The van der Waals surface area contributed by atoms with Crippen LogP contribution in [0.25, 0.3) is 22.4 Å². The molecule has 4 heterocycles. The highest BCUT2D eigenvalue weighted by atomic mass is 19.4. The Morgan fingerprint density at radius 3 is 2.45 bits per heavy atom. The van der Waals surface area contributed by atoms with Gasteiger partial charge in [0.25, 0.3) is 0 Å². The van der Waals surface area contributed by atoms with Crippen molar-refractivity contribution in [1.82, 2.24) is 29.7 Å². The summed E-state index contributed by atoms with van der Waals surface area (Å²) in [5.41, 5.74) is 0.0679. The molecule has 2 fully saturated rings. The number of benzene rings is 1. The van der Waals surface area contributed by atoms with Gasteiger partial charge in [-0.15, -0.1) is 0 Å². The molecule has 12 heteroatoms. The van der Waals surface area contributed by atoms with Crippen molar-refractivity contribution in [3.05, 3.63) is 64.5 Å². The second-order valence-corrected chi connectivity index (χ2v) is 9.87. The van der Waals surface area contributed by atoms with Crippen molar-refractivity contribution in [2.75, 3.05) is 6.61 Å². The third-order valence-corrected chi connectivity index (χ3v) is 7.14. The van der Waals surface area contributed by atoms with Gasteiger partial charge in [0.1, 0.15) is 28.7 Å². The van der Waals surface area contributed by atoms with Crippen molar-refractivity contribution in [1.29, 1.82) is 0 Å². The maximum Gasteiger partial charge on any atom is 0.419 e.